The topological polar surface area (TPSA) is 197 Å². The fraction of sp³-hybridized carbons (Fsp3) is 0.283. The van der Waals surface area contributed by atoms with Crippen molar-refractivity contribution in [3.05, 3.63) is 215 Å². The summed E-state index contributed by atoms with van der Waals surface area (Å²) in [4.78, 5) is 58.1. The van der Waals surface area contributed by atoms with Crippen molar-refractivity contribution in [1.82, 2.24) is 59.0 Å². The van der Waals surface area contributed by atoms with Gasteiger partial charge in [-0.05, 0) is 130 Å². The molecule has 13 aromatic rings. The van der Waals surface area contributed by atoms with E-state index in [0.717, 1.165) is 126 Å². The Morgan fingerprint density at radius 2 is 0.718 bits per heavy atom. The zero-order chi connectivity index (χ0) is 78.3. The molecule has 0 fully saturated rings. The Labute approximate surface area is 782 Å². The zero-order valence-corrected chi connectivity index (χ0v) is 89.2. The average Bonchev–Trinajstić information content (AvgIpc) is 1.58. The third-order valence-corrected chi connectivity index (χ3v) is 33.9. The predicted molar refractivity (Wildman–Crippen MR) is 463 cm³/mol. The number of hydrogen-bond acceptors (Lipinski definition) is 10. The summed E-state index contributed by atoms with van der Waals surface area (Å²) in [6.07, 6.45) is 1.88. The Kier molecular flexibility index (Phi) is 37.1. The first-order valence-corrected chi connectivity index (χ1v) is 41.6. The van der Waals surface area contributed by atoms with E-state index in [2.05, 4.69) is 208 Å². The van der Waals surface area contributed by atoms with E-state index in [1.807, 2.05) is 84.9 Å². The molecule has 566 valence electrons. The maximum Gasteiger partial charge on any atom is 2.00 e. The minimum atomic E-state index is -1.87. The monoisotopic (exact) mass is 2050 g/mol. The predicted octanol–water partition coefficient (Wildman–Crippen LogP) is 22.9. The summed E-state index contributed by atoms with van der Waals surface area (Å²) < 4.78 is 9.72. The van der Waals surface area contributed by atoms with E-state index in [1.54, 1.807) is 36.4 Å². The Hall–Kier alpha value is -8.19. The van der Waals surface area contributed by atoms with Crippen LogP contribution in [0.4, 0.5) is 11.4 Å². The first kappa shape index (κ1) is 99.4. The molecule has 2 aliphatic heterocycles. The van der Waals surface area contributed by atoms with Crippen molar-refractivity contribution < 1.29 is 129 Å². The van der Waals surface area contributed by atoms with Gasteiger partial charge in [-0.2, -0.15) is 10.5 Å². The standard InChI is InChI=1S/C53H46N10Si.C29H34N4Si.C8H4N2.2CH4.BH.U.5Zn/c1-8-26-63-44-29-42-41(28-43(44)54-53(63)34-23-21-33(22-24-34)25-27-64(30(2)3,31(4)5)32(6)7)51-60-49-39-19-13-11-17-37(39)47(58-49)56-45-35-15-9-10-16-36(35)46(55-45)57-48-38-18-12-14-20-40(38)50(59-48)61-52(42)62-51;1-10-16-33-28-19-26(31-9)25(30-8)18-27(28)32-29(33)24-13-11-23(12-14-24)15-17-34(20(2)3,21(4)5)22(6)7;9-5-7-3-1-2-4-8(7)6-10;;;;;;;;;/h9-24,28-32H,8,26H2,1-7H3;11-14,18-22H,10,16H2,1-7H3;1-4H;2*1H4;1H;;;;;;/q-2;;;;;;;;;;;+2/i;;;;;1D;;;;;;. The quantitative estimate of drug-likeness (QED) is 0.0638. The summed E-state index contributed by atoms with van der Waals surface area (Å²) in [5, 5.41) is 20.4. The first-order valence-electron chi connectivity index (χ1n) is 37.8. The Balaban J connectivity index is 0.000000460. The number of nitrogens with zero attached hydrogens (tertiary/aromatic N) is 16. The molecule has 0 aliphatic carbocycles. The van der Waals surface area contributed by atoms with Crippen LogP contribution in [0.15, 0.2) is 170 Å². The van der Waals surface area contributed by atoms with Gasteiger partial charge in [0.05, 0.1) is 69.6 Å². The molecule has 0 unspecified atom stereocenters. The molecule has 8 aromatic carbocycles. The van der Waals surface area contributed by atoms with Gasteiger partial charge >= 0.3 is 19.5 Å². The van der Waals surface area contributed by atoms with Crippen LogP contribution in [0.1, 0.15) is 147 Å². The number of rotatable bonds is 12. The molecule has 25 heteroatoms. The number of aromatic nitrogens is 12. The molecule has 0 saturated heterocycles. The van der Waals surface area contributed by atoms with Crippen LogP contribution in [0, 0.1) is 89.8 Å². The summed E-state index contributed by atoms with van der Waals surface area (Å²) >= 11 is 0. The summed E-state index contributed by atoms with van der Waals surface area (Å²) in [6, 6.07) is 59.4. The minimum Gasteiger partial charge on any atom is -0.357 e. The molecule has 117 heavy (non-hydrogen) atoms. The number of fused-ring (bicyclic) bond motifs is 22. The Bertz CT molecular complexity index is 6130. The number of nitriles is 2. The van der Waals surface area contributed by atoms with Gasteiger partial charge < -0.3 is 39.0 Å². The number of aryl methyl sites for hydroxylation is 2. The van der Waals surface area contributed by atoms with Crippen molar-refractivity contribution in [3.8, 4) is 103 Å². The first-order chi connectivity index (χ1) is 53.2. The van der Waals surface area contributed by atoms with Crippen LogP contribution < -0.4 is 9.97 Å². The smallest absolute Gasteiger partial charge is 0.357 e. The summed E-state index contributed by atoms with van der Waals surface area (Å²) in [5.74, 6) is 11.0. The average molecular weight is 2060 g/mol. The summed E-state index contributed by atoms with van der Waals surface area (Å²) in [6.45, 7) is 48.9. The van der Waals surface area contributed by atoms with Crippen molar-refractivity contribution in [2.24, 2.45) is 0 Å². The van der Waals surface area contributed by atoms with Crippen LogP contribution in [0.5, 0.6) is 0 Å². The fourth-order valence-electron chi connectivity index (χ4n) is 16.1. The van der Waals surface area contributed by atoms with Gasteiger partial charge in [-0.3, -0.25) is 9.69 Å². The van der Waals surface area contributed by atoms with Gasteiger partial charge in [0.2, 0.25) is 0 Å². The van der Waals surface area contributed by atoms with E-state index < -0.39 is 16.1 Å². The van der Waals surface area contributed by atoms with Crippen LogP contribution in [0.25, 0.3) is 144 Å². The molecular formula is C92H93BN16Si2UZn5. The minimum absolute atomic E-state index is 0. The zero-order valence-electron chi connectivity index (χ0n) is 69.2. The second-order valence-electron chi connectivity index (χ2n) is 29.5. The number of benzene rings is 8. The van der Waals surface area contributed by atoms with Crippen molar-refractivity contribution in [2.75, 3.05) is 0 Å². The molecule has 5 aromatic heterocycles. The second-order valence-corrected chi connectivity index (χ2v) is 40.6. The van der Waals surface area contributed by atoms with Crippen LogP contribution in [0.3, 0.4) is 0 Å². The maximum absolute atomic E-state index is 8.45. The second kappa shape index (κ2) is 43.7. The van der Waals surface area contributed by atoms with Gasteiger partial charge in [-0.1, -0.05) is 233 Å². The maximum atomic E-state index is 8.45. The number of hydrogen-bond donors (Lipinski definition) is 0. The molecule has 2 radical (unpaired) electrons. The summed E-state index contributed by atoms with van der Waals surface area (Å²) in [5.41, 5.74) is 26.0. The molecule has 0 amide bonds. The molecule has 0 atom stereocenters. The summed E-state index contributed by atoms with van der Waals surface area (Å²) in [7, 11) is 0.105. The van der Waals surface area contributed by atoms with Crippen LogP contribution in [-0.2, 0) is 110 Å². The fourth-order valence-corrected chi connectivity index (χ4v) is 26.6. The number of imidazole rings is 2. The third kappa shape index (κ3) is 20.0. The molecule has 2 aliphatic rings. The molecule has 7 heterocycles. The van der Waals surface area contributed by atoms with Crippen molar-refractivity contribution in [3.63, 3.8) is 0 Å². The van der Waals surface area contributed by atoms with E-state index in [0.29, 0.717) is 102 Å². The molecular weight excluding hydrogens is 1960 g/mol. The Morgan fingerprint density at radius 1 is 0.419 bits per heavy atom. The molecule has 16 nitrogen and oxygen atoms in total. The van der Waals surface area contributed by atoms with E-state index in [-0.39, 0.29) is 143 Å². The molecule has 0 saturated carbocycles. The van der Waals surface area contributed by atoms with E-state index in [9.17, 15) is 0 Å². The normalized spacial score (nSPS) is 10.9. The van der Waals surface area contributed by atoms with E-state index in [4.69, 9.17) is 74.8 Å². The van der Waals surface area contributed by atoms with Crippen molar-refractivity contribution in [1.29, 1.82) is 11.9 Å². The van der Waals surface area contributed by atoms with Gasteiger partial charge in [0, 0.05) is 198 Å². The SMILES string of the molecule is C.C.CCCn1c(-c2ccc(C#C[Si](C(C)C)(C(C)C)C(C)C)cc2)nc2cc3c(cc21)-c1nc-3nc2[n-]c(nc3nc(nc4[n-]c(n1)c1ccccc41)-c1ccccc1-3)c1ccccc21.N#Cc1ccccc1C#N.[2H][B].[C-]#[N+]c1cc2nc(-c3ccc(C#C[Si](C(C)C)(C(C)C)C(C)C)cc3)n(CCC)c2cc1[N+]#[C-].[U].[Zn+2].[Zn].[Zn].[Zn].[Zn]. The van der Waals surface area contributed by atoms with Crippen LogP contribution in [0.2, 0.25) is 33.2 Å². The van der Waals surface area contributed by atoms with Gasteiger partial charge in [0.15, 0.2) is 11.4 Å². The van der Waals surface area contributed by atoms with Crippen LogP contribution in [-0.4, -0.2) is 74.9 Å². The van der Waals surface area contributed by atoms with E-state index >= 15 is 0 Å². The van der Waals surface area contributed by atoms with Gasteiger partial charge in [-0.25, -0.2) is 19.9 Å². The largest absolute Gasteiger partial charge is 2.00 e. The van der Waals surface area contributed by atoms with E-state index in [1.165, 1.54) is 0 Å². The van der Waals surface area contributed by atoms with Gasteiger partial charge in [0.1, 0.15) is 39.9 Å². The van der Waals surface area contributed by atoms with Gasteiger partial charge in [-0.15, -0.1) is 11.1 Å². The molecule has 0 N–H and O–H groups in total. The van der Waals surface area contributed by atoms with Crippen molar-refractivity contribution >= 4 is 102 Å². The Morgan fingerprint density at radius 3 is 1.04 bits per heavy atom. The molecule has 8 bridgehead atoms. The van der Waals surface area contributed by atoms with Crippen molar-refractivity contribution in [2.45, 2.75) is 171 Å². The van der Waals surface area contributed by atoms with Gasteiger partial charge in [0.25, 0.3) is 0 Å². The third-order valence-electron chi connectivity index (χ3n) is 21.3. The molecule has 0 spiro atoms. The van der Waals surface area contributed by atoms with Crippen LogP contribution >= 0.6 is 0 Å². The molecule has 15 rings (SSSR count).